The first-order valence-electron chi connectivity index (χ1n) is 9.15. The predicted molar refractivity (Wildman–Crippen MR) is 112 cm³/mol. The summed E-state index contributed by atoms with van der Waals surface area (Å²) in [6.45, 7) is 2.37. The van der Waals surface area contributed by atoms with Gasteiger partial charge in [-0.3, -0.25) is 10.1 Å². The van der Waals surface area contributed by atoms with Crippen LogP contribution in [0.2, 0.25) is 5.02 Å². The Bertz CT molecular complexity index is 1060. The molecule has 9 nitrogen and oxygen atoms in total. The van der Waals surface area contributed by atoms with Crippen molar-refractivity contribution in [3.63, 3.8) is 0 Å². The second-order valence-corrected chi connectivity index (χ2v) is 6.97. The summed E-state index contributed by atoms with van der Waals surface area (Å²) in [5, 5.41) is 14.6. The first kappa shape index (κ1) is 19.8. The maximum atomic E-state index is 13.4. The summed E-state index contributed by atoms with van der Waals surface area (Å²) in [6.07, 6.45) is 3.00. The van der Waals surface area contributed by atoms with Gasteiger partial charge in [-0.2, -0.15) is 0 Å². The number of anilines is 4. The van der Waals surface area contributed by atoms with Gasteiger partial charge in [0.25, 0.3) is 0 Å². The van der Waals surface area contributed by atoms with Crippen LogP contribution in [-0.2, 0) is 0 Å². The zero-order valence-electron chi connectivity index (χ0n) is 15.7. The Balaban J connectivity index is 1.57. The van der Waals surface area contributed by atoms with Crippen LogP contribution >= 0.6 is 11.6 Å². The van der Waals surface area contributed by atoms with Crippen molar-refractivity contribution in [2.75, 3.05) is 41.3 Å². The van der Waals surface area contributed by atoms with E-state index < -0.39 is 10.7 Å². The van der Waals surface area contributed by atoms with E-state index >= 15 is 0 Å². The number of nitrogens with zero attached hydrogens (tertiary/aromatic N) is 6. The number of hydrogen-bond donors (Lipinski definition) is 1. The lowest BCUT2D eigenvalue weighted by Gasteiger charge is -2.35. The Morgan fingerprint density at radius 2 is 1.83 bits per heavy atom. The van der Waals surface area contributed by atoms with Gasteiger partial charge < -0.3 is 15.1 Å². The van der Waals surface area contributed by atoms with Crippen LogP contribution < -0.4 is 15.1 Å². The maximum Gasteiger partial charge on any atom is 0.353 e. The fourth-order valence-corrected chi connectivity index (χ4v) is 3.44. The number of rotatable bonds is 5. The summed E-state index contributed by atoms with van der Waals surface area (Å²) in [7, 11) is 0. The maximum absolute atomic E-state index is 13.4. The highest BCUT2D eigenvalue weighted by Gasteiger charge is 2.29. The molecule has 4 rings (SSSR count). The molecule has 1 aromatic carbocycles. The van der Waals surface area contributed by atoms with E-state index in [1.807, 2.05) is 23.1 Å². The third-order valence-electron chi connectivity index (χ3n) is 4.72. The number of hydrogen-bond acceptors (Lipinski definition) is 8. The number of benzene rings is 1. The summed E-state index contributed by atoms with van der Waals surface area (Å²) < 4.78 is 13.4. The third kappa shape index (κ3) is 4.08. The Labute approximate surface area is 176 Å². The predicted octanol–water partition coefficient (Wildman–Crippen LogP) is 3.64. The second-order valence-electron chi connectivity index (χ2n) is 6.57. The highest BCUT2D eigenvalue weighted by Crippen LogP contribution is 2.34. The molecule has 1 aliphatic heterocycles. The zero-order chi connectivity index (χ0) is 21.1. The quantitative estimate of drug-likeness (QED) is 0.484. The average molecular weight is 430 g/mol. The largest absolute Gasteiger partial charge is 0.353 e. The van der Waals surface area contributed by atoms with Gasteiger partial charge in [-0.15, -0.1) is 0 Å². The number of halogens is 2. The summed E-state index contributed by atoms with van der Waals surface area (Å²) in [4.78, 5) is 27.8. The normalized spacial score (nSPS) is 13.9. The van der Waals surface area contributed by atoms with Crippen molar-refractivity contribution in [1.82, 2.24) is 15.0 Å². The van der Waals surface area contributed by atoms with Gasteiger partial charge in [0.05, 0.1) is 9.95 Å². The number of nitro groups is 1. The van der Waals surface area contributed by atoms with Crippen molar-refractivity contribution in [3.05, 3.63) is 69.9 Å². The summed E-state index contributed by atoms with van der Waals surface area (Å²) in [5.41, 5.74) is 0.137. The van der Waals surface area contributed by atoms with Gasteiger partial charge in [-0.25, -0.2) is 19.3 Å². The molecular formula is C19H17ClFN7O2. The van der Waals surface area contributed by atoms with Gasteiger partial charge in [0.15, 0.2) is 0 Å². The van der Waals surface area contributed by atoms with Crippen LogP contribution in [0.1, 0.15) is 0 Å². The SMILES string of the molecule is O=[N+]([O-])c1c(Nc2ccc(F)c(Cl)c2)ncnc1N1CCN(c2ccccn2)CC1. The molecule has 30 heavy (non-hydrogen) atoms. The van der Waals surface area contributed by atoms with Crippen LogP contribution in [-0.4, -0.2) is 46.1 Å². The first-order chi connectivity index (χ1) is 14.5. The molecule has 0 amide bonds. The van der Waals surface area contributed by atoms with Gasteiger partial charge in [-0.05, 0) is 30.3 Å². The molecule has 0 aliphatic carbocycles. The lowest BCUT2D eigenvalue weighted by atomic mass is 10.2. The van der Waals surface area contributed by atoms with Crippen molar-refractivity contribution in [3.8, 4) is 0 Å². The fraction of sp³-hybridized carbons (Fsp3) is 0.211. The molecule has 0 atom stereocenters. The Morgan fingerprint density at radius 3 is 2.50 bits per heavy atom. The lowest BCUT2D eigenvalue weighted by Crippen LogP contribution is -2.47. The standard InChI is InChI=1S/C19H17ClFN7O2/c20-14-11-13(4-5-15(14)21)25-18-17(28(29)30)19(24-12-23-18)27-9-7-26(8-10-27)16-3-1-2-6-22-16/h1-6,11-12H,7-10H2,(H,23,24,25). The molecule has 0 spiro atoms. The van der Waals surface area contributed by atoms with E-state index in [0.29, 0.717) is 31.9 Å². The molecule has 2 aromatic heterocycles. The van der Waals surface area contributed by atoms with E-state index in [4.69, 9.17) is 11.6 Å². The molecule has 3 heterocycles. The number of nitrogens with one attached hydrogen (secondary N) is 1. The van der Waals surface area contributed by atoms with Crippen LogP contribution in [0, 0.1) is 15.9 Å². The van der Waals surface area contributed by atoms with Crippen LogP contribution in [0.5, 0.6) is 0 Å². The Morgan fingerprint density at radius 1 is 1.07 bits per heavy atom. The van der Waals surface area contributed by atoms with Crippen molar-refractivity contribution < 1.29 is 9.31 Å². The molecule has 0 radical (unpaired) electrons. The molecule has 11 heteroatoms. The number of pyridine rings is 1. The van der Waals surface area contributed by atoms with Crippen molar-refractivity contribution in [1.29, 1.82) is 0 Å². The monoisotopic (exact) mass is 429 g/mol. The van der Waals surface area contributed by atoms with E-state index in [-0.39, 0.29) is 22.3 Å². The van der Waals surface area contributed by atoms with Gasteiger partial charge in [0, 0.05) is 38.1 Å². The van der Waals surface area contributed by atoms with Crippen LogP contribution in [0.15, 0.2) is 48.9 Å². The fourth-order valence-electron chi connectivity index (χ4n) is 3.26. The highest BCUT2D eigenvalue weighted by atomic mass is 35.5. The summed E-state index contributed by atoms with van der Waals surface area (Å²) >= 11 is 5.80. The number of piperazine rings is 1. The topological polar surface area (TPSA) is 100 Å². The minimum absolute atomic E-state index is 0.0137. The van der Waals surface area contributed by atoms with E-state index in [9.17, 15) is 14.5 Å². The van der Waals surface area contributed by atoms with E-state index in [2.05, 4.69) is 25.2 Å². The zero-order valence-corrected chi connectivity index (χ0v) is 16.5. The van der Waals surface area contributed by atoms with Crippen molar-refractivity contribution >= 4 is 40.4 Å². The number of aromatic nitrogens is 3. The van der Waals surface area contributed by atoms with Crippen LogP contribution in [0.25, 0.3) is 0 Å². The van der Waals surface area contributed by atoms with E-state index in [0.717, 1.165) is 5.82 Å². The molecule has 1 N–H and O–H groups in total. The molecule has 1 saturated heterocycles. The molecular weight excluding hydrogens is 413 g/mol. The van der Waals surface area contributed by atoms with Crippen molar-refractivity contribution in [2.45, 2.75) is 0 Å². The van der Waals surface area contributed by atoms with Crippen LogP contribution in [0.4, 0.5) is 33.2 Å². The highest BCUT2D eigenvalue weighted by molar-refractivity contribution is 6.31. The Kier molecular flexibility index (Phi) is 5.57. The van der Waals surface area contributed by atoms with Gasteiger partial charge in [-0.1, -0.05) is 17.7 Å². The smallest absolute Gasteiger partial charge is 0.353 e. The van der Waals surface area contributed by atoms with Crippen molar-refractivity contribution in [2.24, 2.45) is 0 Å². The van der Waals surface area contributed by atoms with Gasteiger partial charge in [0.2, 0.25) is 11.6 Å². The van der Waals surface area contributed by atoms with Crippen LogP contribution in [0.3, 0.4) is 0 Å². The summed E-state index contributed by atoms with van der Waals surface area (Å²) in [5.74, 6) is 0.530. The third-order valence-corrected chi connectivity index (χ3v) is 5.01. The summed E-state index contributed by atoms with van der Waals surface area (Å²) in [6, 6.07) is 9.65. The first-order valence-corrected chi connectivity index (χ1v) is 9.53. The molecule has 1 aliphatic rings. The Hall–Kier alpha value is -3.53. The van der Waals surface area contributed by atoms with Gasteiger partial charge in [0.1, 0.15) is 18.0 Å². The minimum atomic E-state index is -0.578. The second kappa shape index (κ2) is 8.46. The lowest BCUT2D eigenvalue weighted by molar-refractivity contribution is -0.383. The molecule has 0 bridgehead atoms. The minimum Gasteiger partial charge on any atom is -0.353 e. The van der Waals surface area contributed by atoms with Gasteiger partial charge >= 0.3 is 5.69 Å². The van der Waals surface area contributed by atoms with E-state index in [1.165, 1.54) is 24.5 Å². The average Bonchev–Trinajstić information content (AvgIpc) is 2.77. The molecule has 0 unspecified atom stereocenters. The molecule has 0 saturated carbocycles. The molecule has 1 fully saturated rings. The molecule has 3 aromatic rings. The molecule has 154 valence electrons. The van der Waals surface area contributed by atoms with E-state index in [1.54, 1.807) is 6.20 Å².